The highest BCUT2D eigenvalue weighted by Gasteiger charge is 2.29. The average Bonchev–Trinajstić information content (AvgIpc) is 3.24. The average molecular weight is 306 g/mol. The van der Waals surface area contributed by atoms with Crippen LogP contribution in [0.3, 0.4) is 0 Å². The molecule has 22 heavy (non-hydrogen) atoms. The second-order valence-electron chi connectivity index (χ2n) is 5.03. The predicted molar refractivity (Wildman–Crippen MR) is 75.2 cm³/mol. The first-order valence-corrected chi connectivity index (χ1v) is 7.14. The molecule has 2 aromatic heterocycles. The Kier molecular flexibility index (Phi) is 4.38. The minimum absolute atomic E-state index is 0.0540. The third-order valence-electron chi connectivity index (χ3n) is 3.66. The summed E-state index contributed by atoms with van der Waals surface area (Å²) in [4.78, 5) is 14.3. The summed E-state index contributed by atoms with van der Waals surface area (Å²) < 4.78 is 15.5. The van der Waals surface area contributed by atoms with Crippen LogP contribution in [-0.4, -0.2) is 53.0 Å². The van der Waals surface area contributed by atoms with Crippen molar-refractivity contribution in [2.75, 3.05) is 26.9 Å². The van der Waals surface area contributed by atoms with Crippen molar-refractivity contribution in [3.63, 3.8) is 0 Å². The lowest BCUT2D eigenvalue weighted by Crippen LogP contribution is -2.43. The maximum absolute atomic E-state index is 12.5. The lowest BCUT2D eigenvalue weighted by atomic mass is 10.1. The largest absolute Gasteiger partial charge is 0.479 e. The zero-order chi connectivity index (χ0) is 15.4. The zero-order valence-electron chi connectivity index (χ0n) is 12.3. The summed E-state index contributed by atoms with van der Waals surface area (Å²) in [6.07, 6.45) is 2.51. The fourth-order valence-corrected chi connectivity index (χ4v) is 2.49. The van der Waals surface area contributed by atoms with Gasteiger partial charge in [0.15, 0.2) is 0 Å². The van der Waals surface area contributed by atoms with Crippen molar-refractivity contribution >= 4 is 5.91 Å². The normalized spacial score (nSPS) is 18.4. The summed E-state index contributed by atoms with van der Waals surface area (Å²) in [5, 5.41) is 10.6. The van der Waals surface area contributed by atoms with Gasteiger partial charge < -0.3 is 18.9 Å². The molecule has 0 spiro atoms. The van der Waals surface area contributed by atoms with Crippen LogP contribution in [0, 0.1) is 0 Å². The Balaban J connectivity index is 1.62. The van der Waals surface area contributed by atoms with Crippen molar-refractivity contribution < 1.29 is 18.8 Å². The van der Waals surface area contributed by atoms with Gasteiger partial charge in [-0.05, 0) is 11.2 Å². The molecule has 0 unspecified atom stereocenters. The summed E-state index contributed by atoms with van der Waals surface area (Å²) in [5.74, 6) is 1.11. The fraction of sp³-hybridized carbons (Fsp3) is 0.500. The van der Waals surface area contributed by atoms with Gasteiger partial charge >= 0.3 is 0 Å². The van der Waals surface area contributed by atoms with E-state index in [9.17, 15) is 4.79 Å². The number of morpholine rings is 1. The Morgan fingerprint density at radius 1 is 1.59 bits per heavy atom. The summed E-state index contributed by atoms with van der Waals surface area (Å²) in [6, 6.07) is 3.44. The van der Waals surface area contributed by atoms with Crippen LogP contribution in [0.5, 0.6) is 5.88 Å². The molecule has 1 fully saturated rings. The number of rotatable bonds is 5. The quantitative estimate of drug-likeness (QED) is 0.883. The van der Waals surface area contributed by atoms with Crippen LogP contribution >= 0.6 is 0 Å². The standard InChI is InChI=1S/C14H18N4O4/c1-20-13-8-10(22-17-13)2-3-14(19)18-6-7-21-9-12(18)11-4-5-15-16-11/h4-5,8,12H,2-3,6-7,9H2,1H3,(H,15,16)/t12-/m0/s1. The van der Waals surface area contributed by atoms with E-state index in [1.165, 1.54) is 7.11 Å². The number of ether oxygens (including phenoxy) is 2. The van der Waals surface area contributed by atoms with Gasteiger partial charge in [0.05, 0.1) is 32.1 Å². The summed E-state index contributed by atoms with van der Waals surface area (Å²) in [7, 11) is 1.52. The molecule has 1 N–H and O–H groups in total. The molecular weight excluding hydrogens is 288 g/mol. The van der Waals surface area contributed by atoms with E-state index in [1.54, 1.807) is 12.3 Å². The molecule has 1 aliphatic rings. The first-order valence-electron chi connectivity index (χ1n) is 7.14. The van der Waals surface area contributed by atoms with Crippen LogP contribution in [0.4, 0.5) is 0 Å². The van der Waals surface area contributed by atoms with Gasteiger partial charge in [-0.15, -0.1) is 0 Å². The van der Waals surface area contributed by atoms with Gasteiger partial charge in [-0.25, -0.2) is 0 Å². The van der Waals surface area contributed by atoms with E-state index >= 15 is 0 Å². The number of nitrogens with zero attached hydrogens (tertiary/aromatic N) is 3. The minimum Gasteiger partial charge on any atom is -0.479 e. The molecule has 0 radical (unpaired) electrons. The van der Waals surface area contributed by atoms with E-state index in [0.29, 0.717) is 44.2 Å². The van der Waals surface area contributed by atoms with Crippen LogP contribution in [0.25, 0.3) is 0 Å². The molecule has 0 aliphatic carbocycles. The lowest BCUT2D eigenvalue weighted by Gasteiger charge is -2.35. The van der Waals surface area contributed by atoms with E-state index < -0.39 is 0 Å². The van der Waals surface area contributed by atoms with Gasteiger partial charge in [0.25, 0.3) is 5.88 Å². The third kappa shape index (κ3) is 3.11. The number of hydrogen-bond acceptors (Lipinski definition) is 6. The second kappa shape index (κ2) is 6.61. The number of nitrogens with one attached hydrogen (secondary N) is 1. The third-order valence-corrected chi connectivity index (χ3v) is 3.66. The highest BCUT2D eigenvalue weighted by molar-refractivity contribution is 5.77. The summed E-state index contributed by atoms with van der Waals surface area (Å²) >= 11 is 0. The lowest BCUT2D eigenvalue weighted by molar-refractivity contribution is -0.140. The van der Waals surface area contributed by atoms with Gasteiger partial charge in [0.1, 0.15) is 5.76 Å². The van der Waals surface area contributed by atoms with Gasteiger partial charge in [-0.1, -0.05) is 0 Å². The van der Waals surface area contributed by atoms with Crippen molar-refractivity contribution in [3.8, 4) is 5.88 Å². The zero-order valence-corrected chi connectivity index (χ0v) is 12.3. The Morgan fingerprint density at radius 3 is 3.23 bits per heavy atom. The number of carbonyl (C=O) groups is 1. The Bertz CT molecular complexity index is 610. The molecule has 1 aliphatic heterocycles. The molecule has 118 valence electrons. The minimum atomic E-state index is -0.118. The highest BCUT2D eigenvalue weighted by atomic mass is 16.5. The first kappa shape index (κ1) is 14.6. The molecule has 3 heterocycles. The Hall–Kier alpha value is -2.35. The van der Waals surface area contributed by atoms with Crippen molar-refractivity contribution in [2.45, 2.75) is 18.9 Å². The van der Waals surface area contributed by atoms with Crippen LogP contribution in [-0.2, 0) is 16.0 Å². The predicted octanol–water partition coefficient (Wildman–Crippen LogP) is 0.939. The topological polar surface area (TPSA) is 93.5 Å². The molecule has 8 nitrogen and oxygen atoms in total. The Labute approximate surface area is 127 Å². The maximum atomic E-state index is 12.5. The van der Waals surface area contributed by atoms with E-state index in [2.05, 4.69) is 15.4 Å². The van der Waals surface area contributed by atoms with Crippen LogP contribution in [0.15, 0.2) is 22.9 Å². The molecule has 3 rings (SSSR count). The first-order chi connectivity index (χ1) is 10.8. The molecule has 2 aromatic rings. The van der Waals surface area contributed by atoms with E-state index in [1.807, 2.05) is 11.0 Å². The number of aromatic amines is 1. The van der Waals surface area contributed by atoms with Gasteiger partial charge in [-0.2, -0.15) is 5.10 Å². The number of hydrogen-bond donors (Lipinski definition) is 1. The number of carbonyl (C=O) groups excluding carboxylic acids is 1. The molecular formula is C14H18N4O4. The van der Waals surface area contributed by atoms with Crippen molar-refractivity contribution in [1.82, 2.24) is 20.3 Å². The molecule has 0 aromatic carbocycles. The molecule has 8 heteroatoms. The van der Waals surface area contributed by atoms with Gasteiger partial charge in [0, 0.05) is 31.6 Å². The fourth-order valence-electron chi connectivity index (χ4n) is 2.49. The second-order valence-corrected chi connectivity index (χ2v) is 5.03. The molecule has 1 saturated heterocycles. The smallest absolute Gasteiger partial charge is 0.254 e. The maximum Gasteiger partial charge on any atom is 0.254 e. The van der Waals surface area contributed by atoms with Crippen molar-refractivity contribution in [1.29, 1.82) is 0 Å². The molecule has 1 amide bonds. The van der Waals surface area contributed by atoms with Crippen molar-refractivity contribution in [2.24, 2.45) is 0 Å². The summed E-state index contributed by atoms with van der Waals surface area (Å²) in [5.41, 5.74) is 0.884. The number of methoxy groups -OCH3 is 1. The molecule has 1 atom stereocenters. The van der Waals surface area contributed by atoms with Crippen LogP contribution in [0.1, 0.15) is 23.9 Å². The number of H-pyrrole nitrogens is 1. The Morgan fingerprint density at radius 2 is 2.50 bits per heavy atom. The number of amides is 1. The van der Waals surface area contributed by atoms with Crippen LogP contribution < -0.4 is 4.74 Å². The van der Waals surface area contributed by atoms with E-state index in [-0.39, 0.29) is 11.9 Å². The van der Waals surface area contributed by atoms with Gasteiger partial charge in [0.2, 0.25) is 5.91 Å². The molecule has 0 saturated carbocycles. The van der Waals surface area contributed by atoms with Crippen LogP contribution in [0.2, 0.25) is 0 Å². The van der Waals surface area contributed by atoms with Gasteiger partial charge in [-0.3, -0.25) is 9.89 Å². The van der Waals surface area contributed by atoms with Crippen molar-refractivity contribution in [3.05, 3.63) is 29.8 Å². The number of aryl methyl sites for hydroxylation is 1. The highest BCUT2D eigenvalue weighted by Crippen LogP contribution is 2.23. The van der Waals surface area contributed by atoms with E-state index in [0.717, 1.165) is 5.69 Å². The SMILES string of the molecule is COc1cc(CCC(=O)N2CCOC[C@H]2c2ccn[nH]2)on1. The number of aromatic nitrogens is 3. The summed E-state index contributed by atoms with van der Waals surface area (Å²) in [6.45, 7) is 1.60. The van der Waals surface area contributed by atoms with E-state index in [4.69, 9.17) is 14.0 Å². The monoisotopic (exact) mass is 306 g/mol. The molecule has 0 bridgehead atoms.